The van der Waals surface area contributed by atoms with Crippen molar-refractivity contribution in [2.45, 2.75) is 264 Å². The molecule has 9 nitrogen and oxygen atoms in total. The van der Waals surface area contributed by atoms with E-state index in [0.29, 0.717) is 23.9 Å². The normalized spacial score (nSPS) is 14.6. The van der Waals surface area contributed by atoms with Crippen LogP contribution in [0.1, 0.15) is 252 Å². The van der Waals surface area contributed by atoms with Crippen molar-refractivity contribution in [1.29, 1.82) is 0 Å². The number of phosphoric ester groups is 1. The molecule has 0 aromatic heterocycles. The van der Waals surface area contributed by atoms with Gasteiger partial charge in [-0.2, -0.15) is 0 Å². The molecule has 10 heteroatoms. The Hall–Kier alpha value is -4.37. The highest BCUT2D eigenvalue weighted by Gasteiger charge is 2.27. The van der Waals surface area contributed by atoms with Gasteiger partial charge in [0.05, 0.1) is 33.8 Å². The van der Waals surface area contributed by atoms with Crippen molar-refractivity contribution in [1.82, 2.24) is 5.32 Å². The van der Waals surface area contributed by atoms with Gasteiger partial charge in [0.25, 0.3) is 7.82 Å². The lowest BCUT2D eigenvalue weighted by molar-refractivity contribution is -0.870. The molecule has 0 aromatic rings. The number of amides is 1. The third-order valence-electron chi connectivity index (χ3n) is 14.0. The summed E-state index contributed by atoms with van der Waals surface area (Å²) in [4.78, 5) is 40.1. The van der Waals surface area contributed by atoms with Crippen molar-refractivity contribution < 1.29 is 37.3 Å². The van der Waals surface area contributed by atoms with Gasteiger partial charge in [0.1, 0.15) is 19.3 Å². The molecule has 0 saturated carbocycles. The summed E-state index contributed by atoms with van der Waals surface area (Å²) in [5.74, 6) is -0.620. The van der Waals surface area contributed by atoms with Crippen molar-refractivity contribution in [3.05, 3.63) is 158 Å². The van der Waals surface area contributed by atoms with Crippen molar-refractivity contribution >= 4 is 19.7 Å². The average molecular weight is 1200 g/mol. The van der Waals surface area contributed by atoms with Crippen LogP contribution in [-0.4, -0.2) is 69.4 Å². The number of quaternary nitrogens is 1. The zero-order chi connectivity index (χ0) is 62.1. The molecule has 0 saturated heterocycles. The monoisotopic (exact) mass is 1200 g/mol. The molecular formula is C75H125N2O7P. The zero-order valence-electron chi connectivity index (χ0n) is 55.0. The summed E-state index contributed by atoms with van der Waals surface area (Å²) in [6.07, 6.45) is 92.1. The quantitative estimate of drug-likeness (QED) is 0.0212. The number of unbranched alkanes of at least 4 members (excludes halogenated alkanes) is 19. The van der Waals surface area contributed by atoms with Crippen LogP contribution >= 0.6 is 7.82 Å². The van der Waals surface area contributed by atoms with Gasteiger partial charge in [-0.05, 0) is 134 Å². The van der Waals surface area contributed by atoms with Crippen molar-refractivity contribution in [2.24, 2.45) is 0 Å². The molecule has 0 spiro atoms. The molecule has 3 unspecified atom stereocenters. The maximum absolute atomic E-state index is 13.6. The Balaban J connectivity index is 5.31. The van der Waals surface area contributed by atoms with Gasteiger partial charge in [-0.15, -0.1) is 0 Å². The molecule has 0 aliphatic rings. The summed E-state index contributed by atoms with van der Waals surface area (Å²) in [6.45, 7) is 6.56. The van der Waals surface area contributed by atoms with Gasteiger partial charge in [0.2, 0.25) is 5.91 Å². The summed E-state index contributed by atoms with van der Waals surface area (Å²) in [6, 6.07) is -0.929. The van der Waals surface area contributed by atoms with E-state index in [9.17, 15) is 19.0 Å². The summed E-state index contributed by atoms with van der Waals surface area (Å²) in [7, 11) is 1.12. The van der Waals surface area contributed by atoms with E-state index in [2.05, 4.69) is 172 Å². The molecule has 3 atom stereocenters. The second kappa shape index (κ2) is 62.7. The minimum absolute atomic E-state index is 0.0420. The van der Waals surface area contributed by atoms with Crippen molar-refractivity contribution in [3.63, 3.8) is 0 Å². The Kier molecular flexibility index (Phi) is 59.5. The van der Waals surface area contributed by atoms with Crippen LogP contribution in [0.4, 0.5) is 0 Å². The van der Waals surface area contributed by atoms with Crippen LogP contribution in [0.25, 0.3) is 0 Å². The number of carbonyl (C=O) groups is 2. The molecule has 85 heavy (non-hydrogen) atoms. The van der Waals surface area contributed by atoms with E-state index in [1.165, 1.54) is 57.8 Å². The minimum atomic E-state index is -4.73. The number of esters is 1. The molecule has 482 valence electrons. The number of hydrogen-bond acceptors (Lipinski definition) is 7. The number of nitrogens with one attached hydrogen (secondary N) is 1. The number of phosphoric acid groups is 1. The second-order valence-electron chi connectivity index (χ2n) is 23.2. The van der Waals surface area contributed by atoms with Crippen molar-refractivity contribution in [3.8, 4) is 0 Å². The van der Waals surface area contributed by atoms with E-state index < -0.39 is 32.5 Å². The van der Waals surface area contributed by atoms with E-state index in [1.54, 1.807) is 0 Å². The van der Waals surface area contributed by atoms with Crippen LogP contribution in [0.15, 0.2) is 158 Å². The first-order chi connectivity index (χ1) is 41.4. The first-order valence-corrected chi connectivity index (χ1v) is 35.3. The molecule has 0 radical (unpaired) electrons. The predicted octanol–water partition coefficient (Wildman–Crippen LogP) is 20.9. The number of hydrogen-bond donors (Lipinski definition) is 1. The van der Waals surface area contributed by atoms with Crippen LogP contribution in [0.2, 0.25) is 0 Å². The number of allylic oxidation sites excluding steroid dienone is 25. The van der Waals surface area contributed by atoms with Gasteiger partial charge in [0, 0.05) is 12.8 Å². The highest BCUT2D eigenvalue weighted by molar-refractivity contribution is 7.45. The molecule has 1 amide bonds. The Morgan fingerprint density at radius 3 is 1.14 bits per heavy atom. The summed E-state index contributed by atoms with van der Waals surface area (Å²) in [5, 5.41) is 3.01. The summed E-state index contributed by atoms with van der Waals surface area (Å²) < 4.78 is 30.4. The maximum Gasteiger partial charge on any atom is 0.306 e. The van der Waals surface area contributed by atoms with Crippen LogP contribution in [0.3, 0.4) is 0 Å². The Morgan fingerprint density at radius 1 is 0.424 bits per heavy atom. The van der Waals surface area contributed by atoms with Crippen molar-refractivity contribution in [2.75, 3.05) is 40.9 Å². The largest absolute Gasteiger partial charge is 0.756 e. The topological polar surface area (TPSA) is 114 Å². The molecule has 0 rings (SSSR count). The number of likely N-dealkylation sites (N-methyl/N-ethyl adjacent to an activating group) is 1. The Morgan fingerprint density at radius 2 is 0.753 bits per heavy atom. The lowest BCUT2D eigenvalue weighted by Gasteiger charge is -2.30. The maximum atomic E-state index is 13.6. The van der Waals surface area contributed by atoms with Gasteiger partial charge in [-0.25, -0.2) is 0 Å². The number of nitrogens with zero attached hydrogens (tertiary/aromatic N) is 1. The van der Waals surface area contributed by atoms with E-state index in [1.807, 2.05) is 33.3 Å². The Labute approximate surface area is 522 Å². The van der Waals surface area contributed by atoms with Crippen LogP contribution < -0.4 is 10.2 Å². The molecule has 0 heterocycles. The van der Waals surface area contributed by atoms with Gasteiger partial charge in [-0.1, -0.05) is 263 Å². The fraction of sp³-hybridized carbons (Fsp3) is 0.627. The lowest BCUT2D eigenvalue weighted by Crippen LogP contribution is -2.47. The van der Waals surface area contributed by atoms with Crippen LogP contribution in [0.5, 0.6) is 0 Å². The van der Waals surface area contributed by atoms with Crippen LogP contribution in [-0.2, 0) is 27.9 Å². The minimum Gasteiger partial charge on any atom is -0.756 e. The Bertz CT molecular complexity index is 2010. The molecule has 1 N–H and O–H groups in total. The van der Waals surface area contributed by atoms with Gasteiger partial charge >= 0.3 is 5.97 Å². The number of rotatable bonds is 59. The second-order valence-corrected chi connectivity index (χ2v) is 24.6. The van der Waals surface area contributed by atoms with Gasteiger partial charge < -0.3 is 28.5 Å². The highest BCUT2D eigenvalue weighted by Crippen LogP contribution is 2.38. The van der Waals surface area contributed by atoms with Gasteiger partial charge in [-0.3, -0.25) is 14.2 Å². The summed E-state index contributed by atoms with van der Waals surface area (Å²) >= 11 is 0. The first-order valence-electron chi connectivity index (χ1n) is 33.8. The third-order valence-corrected chi connectivity index (χ3v) is 14.9. The van der Waals surface area contributed by atoms with E-state index in [0.717, 1.165) is 148 Å². The zero-order valence-corrected chi connectivity index (χ0v) is 55.9. The molecule has 0 aromatic carbocycles. The fourth-order valence-corrected chi connectivity index (χ4v) is 9.54. The first kappa shape index (κ1) is 80.6. The average Bonchev–Trinajstić information content (AvgIpc) is 3.64. The highest BCUT2D eigenvalue weighted by atomic mass is 31.2. The molecule has 0 bridgehead atoms. The summed E-state index contributed by atoms with van der Waals surface area (Å²) in [5.41, 5.74) is 0. The van der Waals surface area contributed by atoms with Crippen LogP contribution in [0, 0.1) is 0 Å². The van der Waals surface area contributed by atoms with E-state index in [-0.39, 0.29) is 25.4 Å². The smallest absolute Gasteiger partial charge is 0.306 e. The SMILES string of the molecule is CC/C=C\C/C=C\C/C=C\C/C=C\C/C=C\C/C=C\CCCCCCCCC(=O)NC(COP(=O)([O-])OCC[N+](C)(C)C)C(/C=C\CCCCCCCCCCCCC)OC(=O)CCCC/C=C\C/C=C\C/C=C\C/C=C\C/C=C\C/C=C\CC. The van der Waals surface area contributed by atoms with E-state index in [4.69, 9.17) is 13.8 Å². The third kappa shape index (κ3) is 63.9. The molecular weight excluding hydrogens is 1070 g/mol. The fourth-order valence-electron chi connectivity index (χ4n) is 8.82. The molecule has 0 aliphatic carbocycles. The van der Waals surface area contributed by atoms with Gasteiger partial charge in [0.15, 0.2) is 0 Å². The lowest BCUT2D eigenvalue weighted by atomic mass is 10.0. The molecule has 0 aliphatic heterocycles. The number of carbonyl (C=O) groups excluding carboxylic acids is 2. The molecule has 0 fully saturated rings. The standard InChI is InChI=1S/C75H125N2O7P/c1-7-10-13-16-19-22-25-28-30-32-34-36-37-38-39-41-42-44-46-49-52-55-58-61-64-67-74(78)76-72(71-83-85(80,81)82-70-69-77(4,5)6)73(66-63-60-57-54-51-48-27-24-21-18-15-12-9-3)84-75(79)68-65-62-59-56-53-50-47-45-43-40-35-33-31-29-26-23-20-17-14-11-8-2/h10-11,13-14,19-20,22-23,28-31,34-36,38-40,42,44-45,47,53,56,63,66,72-73H,7-9,12,15-18,21,24-27,32-33,37,41,43,46,48-52,54-55,57-62,64-65,67-71H2,1-6H3,(H-,76,78,80,81)/b13-10-,14-11-,22-19-,23-20-,30-28-,31-29-,36-34-,39-38-,40-35-,44-42-,47-45-,56-53-,66-63-. The number of ether oxygens (including phenoxy) is 1. The van der Waals surface area contributed by atoms with E-state index >= 15 is 0 Å². The predicted molar refractivity (Wildman–Crippen MR) is 366 cm³/mol.